The smallest absolute Gasteiger partial charge is 0.334 e. The van der Waals surface area contributed by atoms with E-state index in [2.05, 4.69) is 0 Å². The van der Waals surface area contributed by atoms with Crippen LogP contribution in [0.5, 0.6) is 0 Å². The van der Waals surface area contributed by atoms with Crippen molar-refractivity contribution in [3.63, 3.8) is 0 Å². The number of hydrogen-bond donors (Lipinski definition) is 1. The van der Waals surface area contributed by atoms with Crippen LogP contribution in [0.2, 0.25) is 0 Å². The lowest BCUT2D eigenvalue weighted by atomic mass is 9.71. The van der Waals surface area contributed by atoms with Crippen LogP contribution in [0.4, 0.5) is 0 Å². The molecule has 0 heterocycles. The van der Waals surface area contributed by atoms with Crippen molar-refractivity contribution < 1.29 is 19.4 Å². The summed E-state index contributed by atoms with van der Waals surface area (Å²) in [5, 5.41) is 9.94. The number of allylic oxidation sites excluding steroid dienone is 1. The summed E-state index contributed by atoms with van der Waals surface area (Å²) >= 11 is 0. The van der Waals surface area contributed by atoms with Crippen molar-refractivity contribution in [3.8, 4) is 0 Å². The first-order valence-electron chi connectivity index (χ1n) is 8.98. The summed E-state index contributed by atoms with van der Waals surface area (Å²) in [6, 6.07) is 0. The summed E-state index contributed by atoms with van der Waals surface area (Å²) in [5.41, 5.74) is -0.787. The van der Waals surface area contributed by atoms with Crippen LogP contribution >= 0.6 is 0 Å². The quantitative estimate of drug-likeness (QED) is 0.312. The predicted octanol–water partition coefficient (Wildman–Crippen LogP) is 4.97. The van der Waals surface area contributed by atoms with E-state index < -0.39 is 17.4 Å². The standard InChI is InChI=1S/C19H34O4/c1-6-9-12-19(11-8-3,18(21)22)16(14-15(4)5)17(20)23-13-10-7-2/h14-15H,6-13H2,1-5H3,(H,21,22). The average molecular weight is 326 g/mol. The molecule has 4 heteroatoms. The van der Waals surface area contributed by atoms with Crippen molar-refractivity contribution >= 4 is 11.9 Å². The fourth-order valence-electron chi connectivity index (χ4n) is 2.77. The molecule has 0 radical (unpaired) electrons. The number of carbonyl (C=O) groups excluding carboxylic acids is 1. The number of aliphatic carboxylic acids is 1. The van der Waals surface area contributed by atoms with Crippen LogP contribution in [0.3, 0.4) is 0 Å². The van der Waals surface area contributed by atoms with Crippen LogP contribution in [-0.2, 0) is 14.3 Å². The minimum atomic E-state index is -1.13. The highest BCUT2D eigenvalue weighted by Gasteiger charge is 2.44. The molecule has 1 atom stereocenters. The summed E-state index contributed by atoms with van der Waals surface area (Å²) in [6.45, 7) is 10.3. The van der Waals surface area contributed by atoms with Crippen molar-refractivity contribution in [2.75, 3.05) is 6.61 Å². The molecule has 0 bridgehead atoms. The molecule has 0 saturated carbocycles. The van der Waals surface area contributed by atoms with Crippen LogP contribution in [0.15, 0.2) is 11.6 Å². The van der Waals surface area contributed by atoms with E-state index >= 15 is 0 Å². The summed E-state index contributed by atoms with van der Waals surface area (Å²) in [5.74, 6) is -1.27. The largest absolute Gasteiger partial charge is 0.481 e. The van der Waals surface area contributed by atoms with E-state index in [0.29, 0.717) is 31.4 Å². The van der Waals surface area contributed by atoms with Crippen LogP contribution in [0, 0.1) is 11.3 Å². The number of esters is 1. The zero-order valence-electron chi connectivity index (χ0n) is 15.5. The van der Waals surface area contributed by atoms with Gasteiger partial charge in [-0.15, -0.1) is 0 Å². The van der Waals surface area contributed by atoms with Gasteiger partial charge in [-0.25, -0.2) is 4.79 Å². The molecular formula is C19H34O4. The molecule has 23 heavy (non-hydrogen) atoms. The van der Waals surface area contributed by atoms with Crippen molar-refractivity contribution in [1.29, 1.82) is 0 Å². The Labute approximate surface area is 141 Å². The molecule has 0 rings (SSSR count). The maximum absolute atomic E-state index is 12.6. The molecule has 0 aromatic heterocycles. The summed E-state index contributed by atoms with van der Waals surface area (Å²) in [6.07, 6.45) is 6.86. The second-order valence-electron chi connectivity index (χ2n) is 6.55. The van der Waals surface area contributed by atoms with Gasteiger partial charge in [0.05, 0.1) is 17.6 Å². The molecule has 0 aliphatic rings. The maximum Gasteiger partial charge on any atom is 0.334 e. The monoisotopic (exact) mass is 326 g/mol. The SMILES string of the molecule is CCCCOC(=O)C(=CC(C)C)C(CCC)(CCCC)C(=O)O. The van der Waals surface area contributed by atoms with Crippen LogP contribution in [-0.4, -0.2) is 23.7 Å². The number of carboxylic acids is 1. The van der Waals surface area contributed by atoms with E-state index in [9.17, 15) is 14.7 Å². The lowest BCUT2D eigenvalue weighted by molar-refractivity contribution is -0.152. The van der Waals surface area contributed by atoms with Gasteiger partial charge in [0.1, 0.15) is 0 Å². The van der Waals surface area contributed by atoms with Gasteiger partial charge in [0, 0.05) is 0 Å². The van der Waals surface area contributed by atoms with Gasteiger partial charge in [0.25, 0.3) is 0 Å². The van der Waals surface area contributed by atoms with Gasteiger partial charge in [-0.1, -0.05) is 66.4 Å². The van der Waals surface area contributed by atoms with E-state index in [-0.39, 0.29) is 5.92 Å². The normalized spacial score (nSPS) is 14.6. The zero-order chi connectivity index (χ0) is 17.9. The molecule has 1 unspecified atom stereocenters. The molecule has 0 fully saturated rings. The Morgan fingerprint density at radius 1 is 1.04 bits per heavy atom. The Hall–Kier alpha value is -1.32. The number of rotatable bonds is 12. The fourth-order valence-corrected chi connectivity index (χ4v) is 2.77. The van der Waals surface area contributed by atoms with Crippen molar-refractivity contribution in [2.24, 2.45) is 11.3 Å². The Bertz CT molecular complexity index is 398. The third-order valence-electron chi connectivity index (χ3n) is 4.01. The van der Waals surface area contributed by atoms with Gasteiger partial charge < -0.3 is 9.84 Å². The Kier molecular flexibility index (Phi) is 10.6. The van der Waals surface area contributed by atoms with Gasteiger partial charge in [0.15, 0.2) is 0 Å². The van der Waals surface area contributed by atoms with E-state index in [1.54, 1.807) is 6.08 Å². The highest BCUT2D eigenvalue weighted by atomic mass is 16.5. The lowest BCUT2D eigenvalue weighted by Gasteiger charge is -2.31. The maximum atomic E-state index is 12.6. The first-order chi connectivity index (χ1) is 10.9. The highest BCUT2D eigenvalue weighted by Crippen LogP contribution is 2.40. The summed E-state index contributed by atoms with van der Waals surface area (Å²) in [7, 11) is 0. The second kappa shape index (κ2) is 11.3. The molecule has 0 aromatic carbocycles. The van der Waals surface area contributed by atoms with Crippen molar-refractivity contribution in [1.82, 2.24) is 0 Å². The van der Waals surface area contributed by atoms with Gasteiger partial charge in [0.2, 0.25) is 0 Å². The third-order valence-corrected chi connectivity index (χ3v) is 4.01. The van der Waals surface area contributed by atoms with E-state index in [1.165, 1.54) is 0 Å². The van der Waals surface area contributed by atoms with E-state index in [1.807, 2.05) is 34.6 Å². The van der Waals surface area contributed by atoms with E-state index in [4.69, 9.17) is 4.74 Å². The molecule has 4 nitrogen and oxygen atoms in total. The molecule has 1 N–H and O–H groups in total. The van der Waals surface area contributed by atoms with Gasteiger partial charge >= 0.3 is 11.9 Å². The molecule has 0 saturated heterocycles. The van der Waals surface area contributed by atoms with E-state index in [0.717, 1.165) is 25.7 Å². The van der Waals surface area contributed by atoms with Gasteiger partial charge in [-0.05, 0) is 25.2 Å². The van der Waals surface area contributed by atoms with Crippen molar-refractivity contribution in [2.45, 2.75) is 79.6 Å². The first kappa shape index (κ1) is 21.7. The van der Waals surface area contributed by atoms with Crippen LogP contribution in [0.1, 0.15) is 79.6 Å². The number of carboxylic acid groups (broad SMARTS) is 1. The van der Waals surface area contributed by atoms with Gasteiger partial charge in [-0.3, -0.25) is 4.79 Å². The molecule has 0 aliphatic carbocycles. The third kappa shape index (κ3) is 6.76. The summed E-state index contributed by atoms with van der Waals surface area (Å²) in [4.78, 5) is 24.7. The number of carbonyl (C=O) groups is 2. The molecule has 0 aromatic rings. The molecule has 0 aliphatic heterocycles. The predicted molar refractivity (Wildman–Crippen MR) is 93.3 cm³/mol. The minimum Gasteiger partial charge on any atom is -0.481 e. The van der Waals surface area contributed by atoms with Gasteiger partial charge in [-0.2, -0.15) is 0 Å². The highest BCUT2D eigenvalue weighted by molar-refractivity contribution is 5.97. The average Bonchev–Trinajstić information content (AvgIpc) is 2.49. The number of unbranched alkanes of at least 4 members (excludes halogenated alkanes) is 2. The summed E-state index contributed by atoms with van der Waals surface area (Å²) < 4.78 is 5.36. The molecule has 134 valence electrons. The number of hydrogen-bond acceptors (Lipinski definition) is 3. The van der Waals surface area contributed by atoms with Crippen molar-refractivity contribution in [3.05, 3.63) is 11.6 Å². The van der Waals surface area contributed by atoms with Crippen LogP contribution < -0.4 is 0 Å². The number of ether oxygens (including phenoxy) is 1. The lowest BCUT2D eigenvalue weighted by Crippen LogP contribution is -2.37. The molecule has 0 spiro atoms. The second-order valence-corrected chi connectivity index (χ2v) is 6.55. The Balaban J connectivity index is 5.71. The fraction of sp³-hybridized carbons (Fsp3) is 0.789. The Morgan fingerprint density at radius 2 is 1.65 bits per heavy atom. The first-order valence-corrected chi connectivity index (χ1v) is 8.98. The molecular weight excluding hydrogens is 292 g/mol. The zero-order valence-corrected chi connectivity index (χ0v) is 15.5. The van der Waals surface area contributed by atoms with Crippen LogP contribution in [0.25, 0.3) is 0 Å². The topological polar surface area (TPSA) is 63.6 Å². The minimum absolute atomic E-state index is 0.0981. The molecule has 0 amide bonds. The Morgan fingerprint density at radius 3 is 2.09 bits per heavy atom.